The minimum Gasteiger partial charge on any atom is -0.493 e. The van der Waals surface area contributed by atoms with Crippen LogP contribution >= 0.6 is 0 Å². The first kappa shape index (κ1) is 17.6. The highest BCUT2D eigenvalue weighted by Crippen LogP contribution is 2.33. The third-order valence-electron chi connectivity index (χ3n) is 4.29. The molecule has 128 valence electrons. The number of methoxy groups -OCH3 is 2. The van der Waals surface area contributed by atoms with Gasteiger partial charge in [-0.15, -0.1) is 0 Å². The van der Waals surface area contributed by atoms with Gasteiger partial charge in [-0.05, 0) is 42.6 Å². The van der Waals surface area contributed by atoms with Crippen molar-refractivity contribution >= 4 is 5.91 Å². The molecule has 5 heteroatoms. The van der Waals surface area contributed by atoms with Crippen LogP contribution in [0.1, 0.15) is 37.3 Å². The second kappa shape index (κ2) is 8.77. The summed E-state index contributed by atoms with van der Waals surface area (Å²) in [6.07, 6.45) is 3.76. The summed E-state index contributed by atoms with van der Waals surface area (Å²) in [5, 5.41) is 3.32. The molecule has 1 aliphatic rings. The third kappa shape index (κ3) is 4.61. The summed E-state index contributed by atoms with van der Waals surface area (Å²) in [6, 6.07) is 4.02. The van der Waals surface area contributed by atoms with Gasteiger partial charge in [0.05, 0.1) is 14.2 Å². The number of benzene rings is 1. The smallest absolute Gasteiger partial charge is 0.224 e. The van der Waals surface area contributed by atoms with E-state index in [9.17, 15) is 4.79 Å². The van der Waals surface area contributed by atoms with Crippen LogP contribution in [0, 0.1) is 0 Å². The molecule has 0 spiro atoms. The van der Waals surface area contributed by atoms with Gasteiger partial charge in [-0.2, -0.15) is 0 Å². The van der Waals surface area contributed by atoms with Crippen LogP contribution < -0.4 is 14.8 Å². The average Bonchev–Trinajstić information content (AvgIpc) is 2.59. The summed E-state index contributed by atoms with van der Waals surface area (Å²) in [6.45, 7) is 5.35. The van der Waals surface area contributed by atoms with E-state index in [1.165, 1.54) is 12.0 Å². The number of ether oxygens (including phenoxy) is 2. The Bertz CT molecular complexity index is 531. The molecule has 5 nitrogen and oxygen atoms in total. The predicted octanol–water partition coefficient (Wildman–Crippen LogP) is 2.37. The van der Waals surface area contributed by atoms with Crippen LogP contribution in [0.3, 0.4) is 0 Å². The lowest BCUT2D eigenvalue weighted by atomic mass is 9.98. The maximum Gasteiger partial charge on any atom is 0.224 e. The number of rotatable bonds is 8. The van der Waals surface area contributed by atoms with Gasteiger partial charge in [0.2, 0.25) is 5.91 Å². The van der Waals surface area contributed by atoms with Gasteiger partial charge in [0.1, 0.15) is 0 Å². The van der Waals surface area contributed by atoms with E-state index in [0.717, 1.165) is 49.5 Å². The lowest BCUT2D eigenvalue weighted by Gasteiger charge is -2.29. The topological polar surface area (TPSA) is 50.8 Å². The quantitative estimate of drug-likeness (QED) is 0.747. The zero-order valence-electron chi connectivity index (χ0n) is 14.5. The molecule has 0 saturated heterocycles. The monoisotopic (exact) mass is 320 g/mol. The maximum atomic E-state index is 12.3. The second-order valence-electron chi connectivity index (χ2n) is 5.89. The summed E-state index contributed by atoms with van der Waals surface area (Å²) < 4.78 is 10.7. The molecule has 0 unspecified atom stereocenters. The summed E-state index contributed by atoms with van der Waals surface area (Å²) >= 11 is 0. The van der Waals surface area contributed by atoms with E-state index < -0.39 is 0 Å². The molecule has 0 radical (unpaired) electrons. The predicted molar refractivity (Wildman–Crippen MR) is 91.1 cm³/mol. The molecule has 0 bridgehead atoms. The molecule has 0 saturated carbocycles. The highest BCUT2D eigenvalue weighted by atomic mass is 16.5. The van der Waals surface area contributed by atoms with Crippen molar-refractivity contribution in [2.24, 2.45) is 0 Å². The highest BCUT2D eigenvalue weighted by molar-refractivity contribution is 5.76. The van der Waals surface area contributed by atoms with Gasteiger partial charge < -0.3 is 19.7 Å². The van der Waals surface area contributed by atoms with E-state index in [2.05, 4.69) is 12.2 Å². The Morgan fingerprint density at radius 3 is 2.52 bits per heavy atom. The fraction of sp³-hybridized carbons (Fsp3) is 0.611. The van der Waals surface area contributed by atoms with Crippen molar-refractivity contribution in [1.29, 1.82) is 0 Å². The first-order valence-corrected chi connectivity index (χ1v) is 8.41. The van der Waals surface area contributed by atoms with Crippen LogP contribution in [0.5, 0.6) is 11.5 Å². The van der Waals surface area contributed by atoms with Crippen molar-refractivity contribution in [3.05, 3.63) is 23.3 Å². The highest BCUT2D eigenvalue weighted by Gasteiger charge is 2.22. The zero-order chi connectivity index (χ0) is 16.7. The molecular formula is C18H28N2O3. The SMILES string of the molecule is CCCCNCCC(=O)N1CCc2cc(OC)c(OC)cc2C1. The van der Waals surface area contributed by atoms with Crippen molar-refractivity contribution in [3.8, 4) is 11.5 Å². The number of unbranched alkanes of at least 4 members (excludes halogenated alkanes) is 1. The number of carbonyl (C=O) groups is 1. The van der Waals surface area contributed by atoms with Crippen LogP contribution in [-0.4, -0.2) is 44.7 Å². The molecule has 0 fully saturated rings. The summed E-state index contributed by atoms with van der Waals surface area (Å²) in [5.74, 6) is 1.70. The van der Waals surface area contributed by atoms with Crippen LogP contribution in [0.4, 0.5) is 0 Å². The number of nitrogens with zero attached hydrogens (tertiary/aromatic N) is 1. The molecule has 2 rings (SSSR count). The largest absolute Gasteiger partial charge is 0.493 e. The molecular weight excluding hydrogens is 292 g/mol. The Hall–Kier alpha value is -1.75. The molecule has 1 heterocycles. The first-order valence-electron chi connectivity index (χ1n) is 8.41. The van der Waals surface area contributed by atoms with Gasteiger partial charge in [0.25, 0.3) is 0 Å². The fourth-order valence-corrected chi connectivity index (χ4v) is 2.88. The molecule has 0 atom stereocenters. The molecule has 0 aliphatic carbocycles. The average molecular weight is 320 g/mol. The van der Waals surface area contributed by atoms with Crippen LogP contribution in [0.25, 0.3) is 0 Å². The van der Waals surface area contributed by atoms with Crippen LogP contribution in [0.2, 0.25) is 0 Å². The summed E-state index contributed by atoms with van der Waals surface area (Å²) in [7, 11) is 3.28. The Morgan fingerprint density at radius 2 is 1.87 bits per heavy atom. The number of hydrogen-bond acceptors (Lipinski definition) is 4. The van der Waals surface area contributed by atoms with Crippen molar-refractivity contribution in [1.82, 2.24) is 10.2 Å². The van der Waals surface area contributed by atoms with Crippen molar-refractivity contribution < 1.29 is 14.3 Å². The number of hydrogen-bond donors (Lipinski definition) is 1. The van der Waals surface area contributed by atoms with Crippen molar-refractivity contribution in [2.45, 2.75) is 39.2 Å². The van der Waals surface area contributed by atoms with E-state index in [4.69, 9.17) is 9.47 Å². The van der Waals surface area contributed by atoms with E-state index in [1.54, 1.807) is 14.2 Å². The van der Waals surface area contributed by atoms with Crippen LogP contribution in [-0.2, 0) is 17.8 Å². The maximum absolute atomic E-state index is 12.3. The second-order valence-corrected chi connectivity index (χ2v) is 5.89. The summed E-state index contributed by atoms with van der Waals surface area (Å²) in [4.78, 5) is 14.3. The molecule has 1 aliphatic heterocycles. The van der Waals surface area contributed by atoms with Gasteiger partial charge in [0.15, 0.2) is 11.5 Å². The Kier molecular flexibility index (Phi) is 6.71. The Morgan fingerprint density at radius 1 is 1.17 bits per heavy atom. The number of carbonyl (C=O) groups excluding carboxylic acids is 1. The Balaban J connectivity index is 1.93. The normalized spacial score (nSPS) is 13.6. The number of amides is 1. The van der Waals surface area contributed by atoms with Crippen LogP contribution in [0.15, 0.2) is 12.1 Å². The van der Waals surface area contributed by atoms with Crippen molar-refractivity contribution in [3.63, 3.8) is 0 Å². The van der Waals surface area contributed by atoms with Gasteiger partial charge in [-0.1, -0.05) is 13.3 Å². The molecule has 23 heavy (non-hydrogen) atoms. The van der Waals surface area contributed by atoms with E-state index >= 15 is 0 Å². The molecule has 1 aromatic rings. The van der Waals surface area contributed by atoms with Gasteiger partial charge in [-0.25, -0.2) is 0 Å². The van der Waals surface area contributed by atoms with Gasteiger partial charge >= 0.3 is 0 Å². The molecule has 1 N–H and O–H groups in total. The number of nitrogens with one attached hydrogen (secondary N) is 1. The standard InChI is InChI=1S/C18H28N2O3/c1-4-5-8-19-9-6-18(21)20-10-7-14-11-16(22-2)17(23-3)12-15(14)13-20/h11-12,19H,4-10,13H2,1-3H3. The van der Waals surface area contributed by atoms with Gasteiger partial charge in [0, 0.05) is 26.1 Å². The van der Waals surface area contributed by atoms with Crippen molar-refractivity contribution in [2.75, 3.05) is 33.9 Å². The zero-order valence-corrected chi connectivity index (χ0v) is 14.5. The fourth-order valence-electron chi connectivity index (χ4n) is 2.88. The van der Waals surface area contributed by atoms with E-state index in [-0.39, 0.29) is 5.91 Å². The lowest BCUT2D eigenvalue weighted by molar-refractivity contribution is -0.132. The summed E-state index contributed by atoms with van der Waals surface area (Å²) in [5.41, 5.74) is 2.40. The van der Waals surface area contributed by atoms with E-state index in [1.807, 2.05) is 17.0 Å². The molecule has 0 aromatic heterocycles. The lowest BCUT2D eigenvalue weighted by Crippen LogP contribution is -2.37. The van der Waals surface area contributed by atoms with Gasteiger partial charge in [-0.3, -0.25) is 4.79 Å². The number of fused-ring (bicyclic) bond motifs is 1. The minimum absolute atomic E-state index is 0.217. The molecule has 1 aromatic carbocycles. The third-order valence-corrected chi connectivity index (χ3v) is 4.29. The molecule has 1 amide bonds. The first-order chi connectivity index (χ1) is 11.2. The minimum atomic E-state index is 0.217. The van der Waals surface area contributed by atoms with E-state index in [0.29, 0.717) is 13.0 Å². The Labute approximate surface area is 139 Å².